The molecule has 0 aliphatic carbocycles. The van der Waals surface area contributed by atoms with Crippen LogP contribution in [0.1, 0.15) is 0 Å². The van der Waals surface area contributed by atoms with Gasteiger partial charge in [0.05, 0.1) is 18.1 Å². The Morgan fingerprint density at radius 3 is 2.40 bits per heavy atom. The number of ether oxygens (including phenoxy) is 1. The second kappa shape index (κ2) is 3.73. The Morgan fingerprint density at radius 2 is 1.87 bits per heavy atom. The molecule has 0 spiro atoms. The van der Waals surface area contributed by atoms with Crippen LogP contribution in [0.25, 0.3) is 0 Å². The number of sulfone groups is 1. The molecule has 1 saturated heterocycles. The predicted octanol–water partition coefficient (Wildman–Crippen LogP) is 0.816. The fourth-order valence-electron chi connectivity index (χ4n) is 1.52. The third-order valence-electron chi connectivity index (χ3n) is 2.30. The van der Waals surface area contributed by atoms with Gasteiger partial charge in [-0.05, 0) is 24.3 Å². The molecule has 0 saturated carbocycles. The summed E-state index contributed by atoms with van der Waals surface area (Å²) in [5.74, 6) is 1.41. The van der Waals surface area contributed by atoms with Crippen LogP contribution in [0.3, 0.4) is 0 Å². The molecule has 0 bridgehead atoms. The lowest BCUT2D eigenvalue weighted by atomic mass is 10.2. The zero-order chi connectivity index (χ0) is 10.9. The van der Waals surface area contributed by atoms with E-state index in [1.54, 1.807) is 12.1 Å². The largest absolute Gasteiger partial charge is 0.508 e. The monoisotopic (exact) mass is 228 g/mol. The predicted molar refractivity (Wildman–Crippen MR) is 55.7 cm³/mol. The van der Waals surface area contributed by atoms with Crippen molar-refractivity contribution in [3.05, 3.63) is 24.3 Å². The van der Waals surface area contributed by atoms with Crippen molar-refractivity contribution in [2.45, 2.75) is 0 Å². The minimum atomic E-state index is -2.76. The molecular weight excluding hydrogens is 216 g/mol. The molecule has 0 aromatic heterocycles. The van der Waals surface area contributed by atoms with Gasteiger partial charge in [0.25, 0.3) is 0 Å². The fraction of sp³-hybridized carbons (Fsp3) is 0.400. The second-order valence-electron chi connectivity index (χ2n) is 3.75. The first-order chi connectivity index (χ1) is 7.05. The van der Waals surface area contributed by atoms with Crippen molar-refractivity contribution in [1.82, 2.24) is 0 Å². The number of phenolic OH excluding ortho intramolecular Hbond substituents is 1. The number of hydrogen-bond donors (Lipinski definition) is 1. The zero-order valence-corrected chi connectivity index (χ0v) is 8.90. The number of rotatable bonds is 3. The molecule has 1 N–H and O–H groups in total. The lowest BCUT2D eigenvalue weighted by Gasteiger charge is -2.25. The quantitative estimate of drug-likeness (QED) is 0.831. The number of benzene rings is 1. The van der Waals surface area contributed by atoms with Gasteiger partial charge in [0.2, 0.25) is 0 Å². The average molecular weight is 228 g/mol. The summed E-state index contributed by atoms with van der Waals surface area (Å²) in [5.41, 5.74) is 0. The molecule has 1 aliphatic heterocycles. The maximum absolute atomic E-state index is 10.9. The van der Waals surface area contributed by atoms with E-state index in [4.69, 9.17) is 9.84 Å². The van der Waals surface area contributed by atoms with E-state index in [0.717, 1.165) is 0 Å². The maximum atomic E-state index is 10.9. The smallest absolute Gasteiger partial charge is 0.151 e. The van der Waals surface area contributed by atoms with Crippen LogP contribution in [0, 0.1) is 5.92 Å². The first-order valence-electron chi connectivity index (χ1n) is 4.67. The molecule has 4 nitrogen and oxygen atoms in total. The minimum Gasteiger partial charge on any atom is -0.508 e. The molecular formula is C10H12O4S. The highest BCUT2D eigenvalue weighted by molar-refractivity contribution is 7.92. The Kier molecular flexibility index (Phi) is 2.56. The van der Waals surface area contributed by atoms with Crippen molar-refractivity contribution in [2.24, 2.45) is 5.92 Å². The van der Waals surface area contributed by atoms with Crippen LogP contribution < -0.4 is 4.74 Å². The standard InChI is InChI=1S/C10H12O4S/c11-9-1-3-10(4-2-9)14-5-8-6-15(12,13)7-8/h1-4,8,11H,5-7H2. The Balaban J connectivity index is 1.82. The first-order valence-corrected chi connectivity index (χ1v) is 6.49. The Labute approximate surface area is 88.4 Å². The first kappa shape index (κ1) is 10.3. The Hall–Kier alpha value is -1.23. The third kappa shape index (κ3) is 2.62. The van der Waals surface area contributed by atoms with Gasteiger partial charge in [-0.2, -0.15) is 0 Å². The maximum Gasteiger partial charge on any atom is 0.151 e. The number of hydrogen-bond acceptors (Lipinski definition) is 4. The normalized spacial score (nSPS) is 19.5. The topological polar surface area (TPSA) is 63.6 Å². The highest BCUT2D eigenvalue weighted by atomic mass is 32.2. The number of phenols is 1. The molecule has 1 fully saturated rings. The van der Waals surface area contributed by atoms with Crippen LogP contribution in [-0.4, -0.2) is 31.6 Å². The van der Waals surface area contributed by atoms with E-state index >= 15 is 0 Å². The molecule has 0 atom stereocenters. The summed E-state index contributed by atoms with van der Waals surface area (Å²) in [6.07, 6.45) is 0. The van der Waals surface area contributed by atoms with E-state index < -0.39 is 9.84 Å². The molecule has 0 radical (unpaired) electrons. The molecule has 1 aliphatic rings. The molecule has 1 aromatic carbocycles. The van der Waals surface area contributed by atoms with Crippen molar-refractivity contribution < 1.29 is 18.3 Å². The highest BCUT2D eigenvalue weighted by Crippen LogP contribution is 2.21. The summed E-state index contributed by atoms with van der Waals surface area (Å²) >= 11 is 0. The molecule has 5 heteroatoms. The van der Waals surface area contributed by atoms with Crippen LogP contribution >= 0.6 is 0 Å². The van der Waals surface area contributed by atoms with E-state index in [1.165, 1.54) is 12.1 Å². The van der Waals surface area contributed by atoms with Crippen LogP contribution in [0.4, 0.5) is 0 Å². The van der Waals surface area contributed by atoms with Crippen molar-refractivity contribution >= 4 is 9.84 Å². The Morgan fingerprint density at radius 1 is 1.27 bits per heavy atom. The van der Waals surface area contributed by atoms with E-state index in [0.29, 0.717) is 12.4 Å². The zero-order valence-electron chi connectivity index (χ0n) is 8.09. The number of aromatic hydroxyl groups is 1. The highest BCUT2D eigenvalue weighted by Gasteiger charge is 2.33. The van der Waals surface area contributed by atoms with Crippen LogP contribution in [0.2, 0.25) is 0 Å². The van der Waals surface area contributed by atoms with E-state index in [2.05, 4.69) is 0 Å². The van der Waals surface area contributed by atoms with Gasteiger partial charge in [0.1, 0.15) is 11.5 Å². The van der Waals surface area contributed by atoms with Crippen LogP contribution in [0.15, 0.2) is 24.3 Å². The minimum absolute atomic E-state index is 0.115. The van der Waals surface area contributed by atoms with E-state index in [9.17, 15) is 8.42 Å². The van der Waals surface area contributed by atoms with Gasteiger partial charge in [-0.15, -0.1) is 0 Å². The summed E-state index contributed by atoms with van der Waals surface area (Å²) < 4.78 is 27.1. The van der Waals surface area contributed by atoms with Gasteiger partial charge in [-0.3, -0.25) is 0 Å². The molecule has 1 aromatic rings. The molecule has 1 heterocycles. The fourth-order valence-corrected chi connectivity index (χ4v) is 3.05. The SMILES string of the molecule is O=S1(=O)CC(COc2ccc(O)cc2)C1. The van der Waals surface area contributed by atoms with E-state index in [-0.39, 0.29) is 23.2 Å². The van der Waals surface area contributed by atoms with Gasteiger partial charge in [0, 0.05) is 5.92 Å². The van der Waals surface area contributed by atoms with Gasteiger partial charge in [-0.1, -0.05) is 0 Å². The molecule has 82 valence electrons. The van der Waals surface area contributed by atoms with Crippen LogP contribution in [-0.2, 0) is 9.84 Å². The third-order valence-corrected chi connectivity index (χ3v) is 4.26. The average Bonchev–Trinajstić information content (AvgIpc) is 2.14. The van der Waals surface area contributed by atoms with Gasteiger partial charge in [0.15, 0.2) is 9.84 Å². The molecule has 0 unspecified atom stereocenters. The van der Waals surface area contributed by atoms with Crippen LogP contribution in [0.5, 0.6) is 11.5 Å². The summed E-state index contributed by atoms with van der Waals surface area (Å²) in [6, 6.07) is 6.38. The Bertz CT molecular complexity index is 423. The van der Waals surface area contributed by atoms with Crippen molar-refractivity contribution in [3.8, 4) is 11.5 Å². The van der Waals surface area contributed by atoms with E-state index in [1.807, 2.05) is 0 Å². The second-order valence-corrected chi connectivity index (χ2v) is 5.90. The summed E-state index contributed by atoms with van der Waals surface area (Å²) in [7, 11) is -2.76. The van der Waals surface area contributed by atoms with Crippen molar-refractivity contribution in [3.63, 3.8) is 0 Å². The summed E-state index contributed by atoms with van der Waals surface area (Å²) in [5, 5.41) is 9.03. The van der Waals surface area contributed by atoms with Gasteiger partial charge >= 0.3 is 0 Å². The summed E-state index contributed by atoms with van der Waals surface area (Å²) in [6.45, 7) is 0.421. The van der Waals surface area contributed by atoms with Crippen molar-refractivity contribution in [2.75, 3.05) is 18.1 Å². The molecule has 0 amide bonds. The summed E-state index contributed by atoms with van der Waals surface area (Å²) in [4.78, 5) is 0. The molecule has 2 rings (SSSR count). The molecule has 15 heavy (non-hydrogen) atoms. The van der Waals surface area contributed by atoms with Gasteiger partial charge < -0.3 is 9.84 Å². The lowest BCUT2D eigenvalue weighted by molar-refractivity contribution is 0.263. The van der Waals surface area contributed by atoms with Gasteiger partial charge in [-0.25, -0.2) is 8.42 Å². The lowest BCUT2D eigenvalue weighted by Crippen LogP contribution is -2.39. The van der Waals surface area contributed by atoms with Crippen molar-refractivity contribution in [1.29, 1.82) is 0 Å².